The van der Waals surface area contributed by atoms with Crippen LogP contribution >= 0.6 is 0 Å². The first-order valence-electron chi connectivity index (χ1n) is 8.53. The number of nitrogens with zero attached hydrogens (tertiary/aromatic N) is 2. The smallest absolute Gasteiger partial charge is 0.253 e. The minimum Gasteiger partial charge on any atom is -0.366 e. The average Bonchev–Trinajstić information content (AvgIpc) is 3.05. The molecule has 0 aliphatic carbocycles. The molecular formula is C18H25FN2O2. The van der Waals surface area contributed by atoms with E-state index < -0.39 is 0 Å². The Labute approximate surface area is 137 Å². The highest BCUT2D eigenvalue weighted by Gasteiger charge is 2.33. The van der Waals surface area contributed by atoms with Crippen molar-refractivity contribution in [3.8, 4) is 0 Å². The summed E-state index contributed by atoms with van der Waals surface area (Å²) in [6.07, 6.45) is 1.59. The van der Waals surface area contributed by atoms with Crippen LogP contribution in [-0.4, -0.2) is 61.1 Å². The SMILES string of the molecule is CCN1CCOC(C(=O)N2CCC(Cc3ccc(F)cc3)C2)C1. The fraction of sp³-hybridized carbons (Fsp3) is 0.611. The van der Waals surface area contributed by atoms with E-state index in [4.69, 9.17) is 4.74 Å². The third kappa shape index (κ3) is 4.09. The Morgan fingerprint density at radius 1 is 1.26 bits per heavy atom. The van der Waals surface area contributed by atoms with Crippen LogP contribution in [0.15, 0.2) is 24.3 Å². The van der Waals surface area contributed by atoms with Gasteiger partial charge in [0.2, 0.25) is 0 Å². The van der Waals surface area contributed by atoms with Crippen LogP contribution in [0.1, 0.15) is 18.9 Å². The Bertz CT molecular complexity index is 534. The van der Waals surface area contributed by atoms with Crippen molar-refractivity contribution in [2.24, 2.45) is 5.92 Å². The van der Waals surface area contributed by atoms with Gasteiger partial charge in [0.25, 0.3) is 5.91 Å². The molecule has 0 saturated carbocycles. The van der Waals surface area contributed by atoms with Crippen LogP contribution in [0.3, 0.4) is 0 Å². The van der Waals surface area contributed by atoms with Crippen LogP contribution in [0, 0.1) is 11.7 Å². The molecule has 1 aromatic rings. The highest BCUT2D eigenvalue weighted by molar-refractivity contribution is 5.81. The van der Waals surface area contributed by atoms with Gasteiger partial charge in [0.15, 0.2) is 0 Å². The van der Waals surface area contributed by atoms with Crippen molar-refractivity contribution in [1.29, 1.82) is 0 Å². The Morgan fingerprint density at radius 2 is 2.04 bits per heavy atom. The zero-order chi connectivity index (χ0) is 16.2. The van der Waals surface area contributed by atoms with E-state index >= 15 is 0 Å². The standard InChI is InChI=1S/C18H25FN2O2/c1-2-20-9-10-23-17(13-20)18(22)21-8-7-15(12-21)11-14-3-5-16(19)6-4-14/h3-6,15,17H,2,7-13H2,1H3. The molecule has 23 heavy (non-hydrogen) atoms. The molecule has 0 spiro atoms. The zero-order valence-electron chi connectivity index (χ0n) is 13.7. The highest BCUT2D eigenvalue weighted by Crippen LogP contribution is 2.22. The molecule has 2 aliphatic rings. The first kappa shape index (κ1) is 16.4. The van der Waals surface area contributed by atoms with Crippen molar-refractivity contribution in [3.05, 3.63) is 35.6 Å². The summed E-state index contributed by atoms with van der Waals surface area (Å²) < 4.78 is 18.6. The number of hydrogen-bond acceptors (Lipinski definition) is 3. The van der Waals surface area contributed by atoms with Crippen LogP contribution in [0.5, 0.6) is 0 Å². The van der Waals surface area contributed by atoms with Gasteiger partial charge in [0, 0.05) is 26.2 Å². The molecule has 4 nitrogen and oxygen atoms in total. The first-order valence-corrected chi connectivity index (χ1v) is 8.53. The van der Waals surface area contributed by atoms with Gasteiger partial charge in [-0.15, -0.1) is 0 Å². The Kier molecular flexibility index (Phi) is 5.28. The third-order valence-corrected chi connectivity index (χ3v) is 4.91. The minimum atomic E-state index is -0.312. The van der Waals surface area contributed by atoms with E-state index in [1.165, 1.54) is 12.1 Å². The molecule has 0 bridgehead atoms. The van der Waals surface area contributed by atoms with Gasteiger partial charge in [-0.25, -0.2) is 4.39 Å². The first-order chi connectivity index (χ1) is 11.2. The molecule has 2 fully saturated rings. The molecule has 0 radical (unpaired) electrons. The number of halogens is 1. The van der Waals surface area contributed by atoms with Crippen LogP contribution in [-0.2, 0) is 16.0 Å². The number of benzene rings is 1. The number of rotatable bonds is 4. The third-order valence-electron chi connectivity index (χ3n) is 4.91. The number of hydrogen-bond donors (Lipinski definition) is 0. The molecule has 2 atom stereocenters. The highest BCUT2D eigenvalue weighted by atomic mass is 19.1. The van der Waals surface area contributed by atoms with E-state index in [2.05, 4.69) is 11.8 Å². The number of morpholine rings is 1. The van der Waals surface area contributed by atoms with Gasteiger partial charge < -0.3 is 9.64 Å². The molecule has 0 aromatic heterocycles. The molecule has 2 heterocycles. The van der Waals surface area contributed by atoms with E-state index in [1.807, 2.05) is 17.0 Å². The van der Waals surface area contributed by atoms with Gasteiger partial charge in [0.05, 0.1) is 6.61 Å². The number of carbonyl (C=O) groups excluding carboxylic acids is 1. The van der Waals surface area contributed by atoms with E-state index in [9.17, 15) is 9.18 Å². The number of amides is 1. The summed E-state index contributed by atoms with van der Waals surface area (Å²) in [6, 6.07) is 6.68. The predicted octanol–water partition coefficient (Wildman–Crippen LogP) is 1.94. The maximum Gasteiger partial charge on any atom is 0.253 e. The van der Waals surface area contributed by atoms with Gasteiger partial charge in [-0.3, -0.25) is 9.69 Å². The summed E-state index contributed by atoms with van der Waals surface area (Å²) in [7, 11) is 0. The molecule has 2 aliphatic heterocycles. The van der Waals surface area contributed by atoms with Gasteiger partial charge in [-0.1, -0.05) is 19.1 Å². The Hall–Kier alpha value is -1.46. The summed E-state index contributed by atoms with van der Waals surface area (Å²) in [5.41, 5.74) is 1.14. The quantitative estimate of drug-likeness (QED) is 0.850. The van der Waals surface area contributed by atoms with Crippen molar-refractivity contribution in [2.75, 3.05) is 39.3 Å². The fourth-order valence-electron chi connectivity index (χ4n) is 3.50. The van der Waals surface area contributed by atoms with Crippen molar-refractivity contribution in [1.82, 2.24) is 9.80 Å². The zero-order valence-corrected chi connectivity index (χ0v) is 13.7. The van der Waals surface area contributed by atoms with E-state index in [0.29, 0.717) is 19.1 Å². The lowest BCUT2D eigenvalue weighted by Gasteiger charge is -2.33. The molecule has 3 rings (SSSR count). The molecule has 0 N–H and O–H groups in total. The van der Waals surface area contributed by atoms with Crippen molar-refractivity contribution >= 4 is 5.91 Å². The summed E-state index contributed by atoms with van der Waals surface area (Å²) in [5, 5.41) is 0. The lowest BCUT2D eigenvalue weighted by molar-refractivity contribution is -0.148. The Morgan fingerprint density at radius 3 is 2.78 bits per heavy atom. The predicted molar refractivity (Wildman–Crippen MR) is 86.6 cm³/mol. The normalized spacial score (nSPS) is 25.7. The van der Waals surface area contributed by atoms with Gasteiger partial charge in [-0.05, 0) is 43.0 Å². The molecule has 2 saturated heterocycles. The molecular weight excluding hydrogens is 295 g/mol. The number of likely N-dealkylation sites (N-methyl/N-ethyl adjacent to an activating group) is 1. The fourth-order valence-corrected chi connectivity index (χ4v) is 3.50. The van der Waals surface area contributed by atoms with Crippen LogP contribution in [0.4, 0.5) is 4.39 Å². The molecule has 1 amide bonds. The largest absolute Gasteiger partial charge is 0.366 e. The number of ether oxygens (including phenoxy) is 1. The topological polar surface area (TPSA) is 32.8 Å². The maximum atomic E-state index is 13.0. The Balaban J connectivity index is 1.52. The van der Waals surface area contributed by atoms with Crippen molar-refractivity contribution < 1.29 is 13.9 Å². The van der Waals surface area contributed by atoms with E-state index in [1.54, 1.807) is 0 Å². The summed E-state index contributed by atoms with van der Waals surface area (Å²) in [6.45, 7) is 6.90. The van der Waals surface area contributed by atoms with Gasteiger partial charge in [-0.2, -0.15) is 0 Å². The van der Waals surface area contributed by atoms with Crippen molar-refractivity contribution in [3.63, 3.8) is 0 Å². The second-order valence-electron chi connectivity index (χ2n) is 6.52. The second-order valence-corrected chi connectivity index (χ2v) is 6.52. The minimum absolute atomic E-state index is 0.129. The lowest BCUT2D eigenvalue weighted by Crippen LogP contribution is -2.50. The van der Waals surface area contributed by atoms with Crippen LogP contribution in [0.25, 0.3) is 0 Å². The molecule has 5 heteroatoms. The number of likely N-dealkylation sites (tertiary alicyclic amines) is 1. The van der Waals surface area contributed by atoms with E-state index in [-0.39, 0.29) is 17.8 Å². The maximum absolute atomic E-state index is 13.0. The molecule has 1 aromatic carbocycles. The summed E-state index contributed by atoms with van der Waals surface area (Å²) in [5.74, 6) is 0.381. The van der Waals surface area contributed by atoms with Crippen molar-refractivity contribution in [2.45, 2.75) is 25.9 Å². The molecule has 2 unspecified atom stereocenters. The monoisotopic (exact) mass is 320 g/mol. The summed E-state index contributed by atoms with van der Waals surface area (Å²) in [4.78, 5) is 16.8. The summed E-state index contributed by atoms with van der Waals surface area (Å²) >= 11 is 0. The average molecular weight is 320 g/mol. The van der Waals surface area contributed by atoms with Crippen LogP contribution < -0.4 is 0 Å². The van der Waals surface area contributed by atoms with Crippen LogP contribution in [0.2, 0.25) is 0 Å². The molecule has 126 valence electrons. The van der Waals surface area contributed by atoms with E-state index in [0.717, 1.165) is 44.6 Å². The lowest BCUT2D eigenvalue weighted by atomic mass is 9.99. The number of carbonyl (C=O) groups is 1. The van der Waals surface area contributed by atoms with Gasteiger partial charge in [0.1, 0.15) is 11.9 Å². The second kappa shape index (κ2) is 7.41. The van der Waals surface area contributed by atoms with Gasteiger partial charge >= 0.3 is 0 Å².